The number of carbonyl (C=O) groups is 1. The summed E-state index contributed by atoms with van der Waals surface area (Å²) in [5.74, 6) is -1.11. The maximum Gasteiger partial charge on any atom is 0.404 e. The van der Waals surface area contributed by atoms with Gasteiger partial charge < -0.3 is 10.6 Å². The normalized spacial score (nSPS) is 23.4. The number of halogens is 4. The van der Waals surface area contributed by atoms with Crippen molar-refractivity contribution in [2.24, 2.45) is 5.41 Å². The third-order valence-corrected chi connectivity index (χ3v) is 3.48. The molecule has 19 heavy (non-hydrogen) atoms. The van der Waals surface area contributed by atoms with Gasteiger partial charge in [-0.2, -0.15) is 13.2 Å². The van der Waals surface area contributed by atoms with Gasteiger partial charge in [-0.3, -0.25) is 9.78 Å². The van der Waals surface area contributed by atoms with E-state index < -0.39 is 24.0 Å². The summed E-state index contributed by atoms with van der Waals surface area (Å²) in [7, 11) is 0. The number of rotatable bonds is 2. The number of hydrogen-bond acceptors (Lipinski definition) is 3. The number of hydrogen-bond donors (Lipinski definition) is 2. The van der Waals surface area contributed by atoms with E-state index in [1.165, 1.54) is 18.5 Å². The molecule has 1 saturated heterocycles. The maximum atomic E-state index is 13.1. The lowest BCUT2D eigenvalue weighted by molar-refractivity contribution is -0.213. The largest absolute Gasteiger partial charge is 0.404 e. The summed E-state index contributed by atoms with van der Waals surface area (Å²) >= 11 is 5.78. The molecule has 1 amide bonds. The van der Waals surface area contributed by atoms with E-state index in [1.54, 1.807) is 0 Å². The first-order valence-electron chi connectivity index (χ1n) is 5.55. The lowest BCUT2D eigenvalue weighted by Gasteiger charge is -2.29. The van der Waals surface area contributed by atoms with E-state index >= 15 is 0 Å². The number of anilines is 1. The van der Waals surface area contributed by atoms with Crippen LogP contribution in [0, 0.1) is 5.41 Å². The highest BCUT2D eigenvalue weighted by Gasteiger charge is 2.61. The van der Waals surface area contributed by atoms with Crippen LogP contribution in [-0.4, -0.2) is 30.2 Å². The molecule has 0 aromatic carbocycles. The van der Waals surface area contributed by atoms with Crippen molar-refractivity contribution < 1.29 is 18.0 Å². The van der Waals surface area contributed by atoms with Crippen molar-refractivity contribution in [1.82, 2.24) is 10.3 Å². The molecule has 2 N–H and O–H groups in total. The van der Waals surface area contributed by atoms with Crippen molar-refractivity contribution in [1.29, 1.82) is 0 Å². The van der Waals surface area contributed by atoms with Crippen LogP contribution >= 0.6 is 11.6 Å². The Kier molecular flexibility index (Phi) is 3.69. The average molecular weight is 294 g/mol. The summed E-state index contributed by atoms with van der Waals surface area (Å²) in [5, 5.41) is 4.92. The minimum Gasteiger partial charge on any atom is -0.323 e. The van der Waals surface area contributed by atoms with Crippen LogP contribution in [0.3, 0.4) is 0 Å². The van der Waals surface area contributed by atoms with Gasteiger partial charge in [-0.1, -0.05) is 11.6 Å². The van der Waals surface area contributed by atoms with Crippen LogP contribution in [0.1, 0.15) is 6.42 Å². The van der Waals surface area contributed by atoms with Crippen LogP contribution < -0.4 is 10.6 Å². The van der Waals surface area contributed by atoms with Gasteiger partial charge in [0.05, 0.1) is 16.9 Å². The van der Waals surface area contributed by atoms with Gasteiger partial charge in [-0.05, 0) is 19.0 Å². The van der Waals surface area contributed by atoms with Crippen molar-refractivity contribution in [3.05, 3.63) is 23.5 Å². The van der Waals surface area contributed by atoms with Crippen LogP contribution in [0.5, 0.6) is 0 Å². The lowest BCUT2D eigenvalue weighted by atomic mass is 9.85. The second-order valence-electron chi connectivity index (χ2n) is 4.32. The first-order valence-corrected chi connectivity index (χ1v) is 5.93. The lowest BCUT2D eigenvalue weighted by Crippen LogP contribution is -2.49. The molecule has 0 saturated carbocycles. The number of alkyl halides is 3. The monoisotopic (exact) mass is 293 g/mol. The Balaban J connectivity index is 2.25. The molecule has 1 atom stereocenters. The summed E-state index contributed by atoms with van der Waals surface area (Å²) < 4.78 is 39.4. The van der Waals surface area contributed by atoms with Crippen LogP contribution in [0.15, 0.2) is 18.5 Å². The third-order valence-electron chi connectivity index (χ3n) is 3.15. The Morgan fingerprint density at radius 1 is 1.53 bits per heavy atom. The Bertz CT molecular complexity index is 486. The molecule has 0 aliphatic carbocycles. The molecule has 1 unspecified atom stereocenters. The Morgan fingerprint density at radius 2 is 2.26 bits per heavy atom. The average Bonchev–Trinajstić information content (AvgIpc) is 2.82. The molecule has 1 fully saturated rings. The molecule has 0 spiro atoms. The summed E-state index contributed by atoms with van der Waals surface area (Å²) in [6, 6.07) is 1.39. The molecule has 4 nitrogen and oxygen atoms in total. The van der Waals surface area contributed by atoms with Crippen molar-refractivity contribution in [3.8, 4) is 0 Å². The summed E-state index contributed by atoms with van der Waals surface area (Å²) in [6.45, 7) is -0.284. The molecule has 1 aromatic rings. The number of nitrogens with one attached hydrogen (secondary N) is 2. The summed E-state index contributed by atoms with van der Waals surface area (Å²) in [6.07, 6.45) is -2.31. The zero-order valence-corrected chi connectivity index (χ0v) is 10.5. The maximum absolute atomic E-state index is 13.1. The van der Waals surface area contributed by atoms with E-state index in [1.807, 2.05) is 0 Å². The number of aromatic nitrogens is 1. The fourth-order valence-corrected chi connectivity index (χ4v) is 2.12. The Labute approximate surface area is 112 Å². The summed E-state index contributed by atoms with van der Waals surface area (Å²) in [5.41, 5.74) is -2.34. The van der Waals surface area contributed by atoms with Gasteiger partial charge in [0, 0.05) is 12.7 Å². The second kappa shape index (κ2) is 4.97. The molecule has 1 aromatic heterocycles. The zero-order chi connectivity index (χ0) is 14.1. The molecule has 1 aliphatic heterocycles. The first kappa shape index (κ1) is 14.1. The van der Waals surface area contributed by atoms with Gasteiger partial charge in [-0.25, -0.2) is 0 Å². The van der Waals surface area contributed by atoms with E-state index in [2.05, 4.69) is 15.6 Å². The van der Waals surface area contributed by atoms with E-state index in [9.17, 15) is 18.0 Å². The minimum absolute atomic E-state index is 0.0738. The van der Waals surface area contributed by atoms with E-state index in [0.29, 0.717) is 0 Å². The van der Waals surface area contributed by atoms with Crippen LogP contribution in [0.2, 0.25) is 5.02 Å². The first-order chi connectivity index (χ1) is 8.87. The predicted molar refractivity (Wildman–Crippen MR) is 63.9 cm³/mol. The molecule has 0 bridgehead atoms. The van der Waals surface area contributed by atoms with Gasteiger partial charge in [0.1, 0.15) is 0 Å². The number of nitrogens with zero attached hydrogens (tertiary/aromatic N) is 1. The van der Waals surface area contributed by atoms with Gasteiger partial charge in [0.25, 0.3) is 0 Å². The molecule has 2 rings (SSSR count). The molecule has 104 valence electrons. The highest BCUT2D eigenvalue weighted by atomic mass is 35.5. The molecule has 2 heterocycles. The highest BCUT2D eigenvalue weighted by molar-refractivity contribution is 6.33. The number of pyridine rings is 1. The number of carbonyl (C=O) groups excluding carboxylic acids is 1. The van der Waals surface area contributed by atoms with Crippen molar-refractivity contribution in [2.45, 2.75) is 12.6 Å². The van der Waals surface area contributed by atoms with Crippen LogP contribution in [0.4, 0.5) is 18.9 Å². The topological polar surface area (TPSA) is 54.0 Å². The number of amides is 1. The fourth-order valence-electron chi connectivity index (χ4n) is 1.97. The quantitative estimate of drug-likeness (QED) is 0.879. The Hall–Kier alpha value is -1.34. The fraction of sp³-hybridized carbons (Fsp3) is 0.455. The predicted octanol–water partition coefficient (Wildman–Crippen LogP) is 2.22. The van der Waals surface area contributed by atoms with E-state index in [-0.39, 0.29) is 23.7 Å². The molecular formula is C11H11ClF3N3O. The molecular weight excluding hydrogens is 283 g/mol. The van der Waals surface area contributed by atoms with Crippen molar-refractivity contribution in [2.75, 3.05) is 18.4 Å². The van der Waals surface area contributed by atoms with Crippen molar-refractivity contribution in [3.63, 3.8) is 0 Å². The SMILES string of the molecule is O=C(Nc1cnccc1Cl)C1(C(F)(F)F)CCNC1. The summed E-state index contributed by atoms with van der Waals surface area (Å²) in [4.78, 5) is 15.7. The second-order valence-corrected chi connectivity index (χ2v) is 4.72. The van der Waals surface area contributed by atoms with Gasteiger partial charge in [0.15, 0.2) is 5.41 Å². The smallest absolute Gasteiger partial charge is 0.323 e. The third kappa shape index (κ3) is 2.52. The highest BCUT2D eigenvalue weighted by Crippen LogP contribution is 2.44. The van der Waals surface area contributed by atoms with Crippen molar-refractivity contribution >= 4 is 23.2 Å². The minimum atomic E-state index is -4.62. The Morgan fingerprint density at radius 3 is 2.79 bits per heavy atom. The molecule has 1 aliphatic rings. The molecule has 0 radical (unpaired) electrons. The van der Waals surface area contributed by atoms with E-state index in [0.717, 1.165) is 0 Å². The van der Waals surface area contributed by atoms with Gasteiger partial charge in [-0.15, -0.1) is 0 Å². The van der Waals surface area contributed by atoms with Gasteiger partial charge in [0.2, 0.25) is 5.91 Å². The standard InChI is InChI=1S/C11H11ClF3N3O/c12-7-1-3-16-5-8(7)18-9(19)10(11(13,14)15)2-4-17-6-10/h1,3,5,17H,2,4,6H2,(H,18,19). The van der Waals surface area contributed by atoms with Gasteiger partial charge >= 0.3 is 6.18 Å². The zero-order valence-electron chi connectivity index (χ0n) is 9.72. The van der Waals surface area contributed by atoms with Crippen LogP contribution in [0.25, 0.3) is 0 Å². The molecule has 8 heteroatoms. The van der Waals surface area contributed by atoms with Crippen LogP contribution in [-0.2, 0) is 4.79 Å². The van der Waals surface area contributed by atoms with E-state index in [4.69, 9.17) is 11.6 Å².